The molecule has 1 aromatic heterocycles. The van der Waals surface area contributed by atoms with Gasteiger partial charge in [-0.05, 0) is 34.7 Å². The molecule has 10 heteroatoms. The maximum Gasteiger partial charge on any atom is 0.302 e. The van der Waals surface area contributed by atoms with Crippen LogP contribution in [0.4, 0.5) is 16.0 Å². The summed E-state index contributed by atoms with van der Waals surface area (Å²) in [6.45, 7) is 6.14. The van der Waals surface area contributed by atoms with Crippen LogP contribution in [0.25, 0.3) is 16.8 Å². The standard InChI is InChI=1S/C28H23FN4O5/c1-28(2,3)17-9-7-15(8-10-17)23-22(24(34)16-5-4-6-19(13-16)33(37)38)25(35)26(36)32(23)27-30-20-12-11-18(29)14-21(20)31-27/h4-14,23,34H,1-3H3,(H,30,31)/b24-22+. The van der Waals surface area contributed by atoms with Crippen molar-refractivity contribution in [3.63, 3.8) is 0 Å². The number of nitrogens with zero attached hydrogens (tertiary/aromatic N) is 3. The number of nitrogens with one attached hydrogen (secondary N) is 1. The van der Waals surface area contributed by atoms with Gasteiger partial charge in [0.25, 0.3) is 11.5 Å². The van der Waals surface area contributed by atoms with Crippen molar-refractivity contribution >= 4 is 40.1 Å². The molecule has 1 unspecified atom stereocenters. The molecule has 1 atom stereocenters. The summed E-state index contributed by atoms with van der Waals surface area (Å²) in [4.78, 5) is 45.8. The van der Waals surface area contributed by atoms with Crippen LogP contribution in [0.2, 0.25) is 0 Å². The molecule has 1 saturated heterocycles. The number of imidazole rings is 1. The Morgan fingerprint density at radius 2 is 1.79 bits per heavy atom. The van der Waals surface area contributed by atoms with Crippen LogP contribution in [0, 0.1) is 15.9 Å². The molecule has 38 heavy (non-hydrogen) atoms. The fourth-order valence-corrected chi connectivity index (χ4v) is 4.54. The Kier molecular flexibility index (Phi) is 5.82. The number of hydrogen-bond donors (Lipinski definition) is 2. The maximum absolute atomic E-state index is 13.8. The number of non-ortho nitro benzene ring substituents is 1. The third-order valence-electron chi connectivity index (χ3n) is 6.53. The van der Waals surface area contributed by atoms with Gasteiger partial charge >= 0.3 is 5.91 Å². The number of aromatic nitrogens is 2. The van der Waals surface area contributed by atoms with Crippen LogP contribution >= 0.6 is 0 Å². The fourth-order valence-electron chi connectivity index (χ4n) is 4.54. The second-order valence-electron chi connectivity index (χ2n) is 10.1. The molecule has 1 amide bonds. The number of rotatable bonds is 4. The molecule has 0 saturated carbocycles. The molecule has 9 nitrogen and oxygen atoms in total. The third kappa shape index (κ3) is 4.19. The van der Waals surface area contributed by atoms with Gasteiger partial charge in [-0.1, -0.05) is 57.2 Å². The van der Waals surface area contributed by atoms with Crippen LogP contribution < -0.4 is 4.90 Å². The number of nitro benzene ring substituents is 1. The maximum atomic E-state index is 13.8. The van der Waals surface area contributed by atoms with Gasteiger partial charge in [-0.15, -0.1) is 0 Å². The van der Waals surface area contributed by atoms with E-state index in [1.165, 1.54) is 36.4 Å². The van der Waals surface area contributed by atoms with Crippen LogP contribution in [0.3, 0.4) is 0 Å². The zero-order chi connectivity index (χ0) is 27.4. The van der Waals surface area contributed by atoms with Gasteiger partial charge < -0.3 is 10.1 Å². The predicted molar refractivity (Wildman–Crippen MR) is 139 cm³/mol. The second kappa shape index (κ2) is 8.91. The van der Waals surface area contributed by atoms with Gasteiger partial charge in [-0.3, -0.25) is 24.6 Å². The highest BCUT2D eigenvalue weighted by atomic mass is 19.1. The number of hydrogen-bond acceptors (Lipinski definition) is 6. The highest BCUT2D eigenvalue weighted by molar-refractivity contribution is 6.51. The van der Waals surface area contributed by atoms with E-state index in [9.17, 15) is 29.2 Å². The lowest BCUT2D eigenvalue weighted by molar-refractivity contribution is -0.384. The number of H-pyrrole nitrogens is 1. The highest BCUT2D eigenvalue weighted by Gasteiger charge is 2.48. The zero-order valence-electron chi connectivity index (χ0n) is 20.7. The van der Waals surface area contributed by atoms with Crippen LogP contribution in [-0.4, -0.2) is 31.7 Å². The Bertz CT molecular complexity index is 1650. The normalized spacial score (nSPS) is 17.4. The highest BCUT2D eigenvalue weighted by Crippen LogP contribution is 2.42. The van der Waals surface area contributed by atoms with Gasteiger partial charge in [0, 0.05) is 17.7 Å². The molecule has 0 radical (unpaired) electrons. The van der Waals surface area contributed by atoms with E-state index < -0.39 is 34.2 Å². The Morgan fingerprint density at radius 3 is 2.45 bits per heavy atom. The SMILES string of the molecule is CC(C)(C)c1ccc(C2/C(=C(\O)c3cccc([N+](=O)[O-])c3)C(=O)C(=O)N2c2nc3ccc(F)cc3[nH]2)cc1. The number of nitro groups is 1. The number of aliphatic hydroxyl groups is 1. The van der Waals surface area contributed by atoms with Crippen LogP contribution in [0.1, 0.15) is 43.5 Å². The second-order valence-corrected chi connectivity index (χ2v) is 10.1. The Hall–Kier alpha value is -4.86. The van der Waals surface area contributed by atoms with Gasteiger partial charge in [0.1, 0.15) is 11.6 Å². The monoisotopic (exact) mass is 514 g/mol. The quantitative estimate of drug-likeness (QED) is 0.121. The number of amides is 1. The minimum absolute atomic E-state index is 0.00399. The Morgan fingerprint density at radius 1 is 1.08 bits per heavy atom. The summed E-state index contributed by atoms with van der Waals surface area (Å²) in [5.41, 5.74) is 1.55. The number of carbonyl (C=O) groups is 2. The topological polar surface area (TPSA) is 129 Å². The molecule has 1 aliphatic heterocycles. The molecule has 2 heterocycles. The summed E-state index contributed by atoms with van der Waals surface area (Å²) in [6.07, 6.45) is 0. The number of halogens is 1. The Balaban J connectivity index is 1.72. The van der Waals surface area contributed by atoms with Crippen molar-refractivity contribution in [1.29, 1.82) is 0 Å². The van der Waals surface area contributed by atoms with E-state index in [4.69, 9.17) is 0 Å². The molecular formula is C28H23FN4O5. The van der Waals surface area contributed by atoms with Crippen molar-refractivity contribution in [3.8, 4) is 0 Å². The number of anilines is 1. The molecule has 1 aliphatic rings. The summed E-state index contributed by atoms with van der Waals surface area (Å²) in [7, 11) is 0. The van der Waals surface area contributed by atoms with E-state index in [1.807, 2.05) is 32.9 Å². The van der Waals surface area contributed by atoms with Crippen molar-refractivity contribution in [3.05, 3.63) is 105 Å². The van der Waals surface area contributed by atoms with Gasteiger partial charge in [0.2, 0.25) is 5.95 Å². The number of aromatic amines is 1. The number of fused-ring (bicyclic) bond motifs is 1. The largest absolute Gasteiger partial charge is 0.507 e. The van der Waals surface area contributed by atoms with Gasteiger partial charge in [0.05, 0.1) is 27.6 Å². The Labute approximate surface area is 216 Å². The first-order valence-corrected chi connectivity index (χ1v) is 11.8. The number of carbonyl (C=O) groups excluding carboxylic acids is 2. The van der Waals surface area contributed by atoms with Crippen LogP contribution in [0.5, 0.6) is 0 Å². The number of Topliss-reactive ketones (excluding diaryl/α,β-unsaturated/α-hetero) is 1. The third-order valence-corrected chi connectivity index (χ3v) is 6.53. The van der Waals surface area contributed by atoms with E-state index in [2.05, 4.69) is 9.97 Å². The van der Waals surface area contributed by atoms with Crippen LogP contribution in [0.15, 0.2) is 72.3 Å². The predicted octanol–water partition coefficient (Wildman–Crippen LogP) is 5.53. The minimum atomic E-state index is -1.10. The average Bonchev–Trinajstić information content (AvgIpc) is 3.40. The van der Waals surface area contributed by atoms with Crippen molar-refractivity contribution < 1.29 is 24.0 Å². The smallest absolute Gasteiger partial charge is 0.302 e. The average molecular weight is 515 g/mol. The lowest BCUT2D eigenvalue weighted by atomic mass is 9.85. The molecule has 5 rings (SSSR count). The first-order chi connectivity index (χ1) is 18.0. The molecule has 4 aromatic rings. The van der Waals surface area contributed by atoms with E-state index in [-0.39, 0.29) is 28.2 Å². The van der Waals surface area contributed by atoms with Crippen LogP contribution in [-0.2, 0) is 15.0 Å². The molecule has 3 aromatic carbocycles. The van der Waals surface area contributed by atoms with Gasteiger partial charge in [-0.2, -0.15) is 0 Å². The van der Waals surface area contributed by atoms with E-state index in [1.54, 1.807) is 12.1 Å². The van der Waals surface area contributed by atoms with E-state index in [0.717, 1.165) is 16.5 Å². The number of benzene rings is 3. The molecule has 0 aliphatic carbocycles. The van der Waals surface area contributed by atoms with Crippen molar-refractivity contribution in [1.82, 2.24) is 9.97 Å². The summed E-state index contributed by atoms with van der Waals surface area (Å²) in [5.74, 6) is -3.00. The lowest BCUT2D eigenvalue weighted by Gasteiger charge is -2.24. The summed E-state index contributed by atoms with van der Waals surface area (Å²) >= 11 is 0. The lowest BCUT2D eigenvalue weighted by Crippen LogP contribution is -2.30. The van der Waals surface area contributed by atoms with E-state index in [0.29, 0.717) is 16.6 Å². The summed E-state index contributed by atoms with van der Waals surface area (Å²) in [5, 5.41) is 22.5. The fraction of sp³-hybridized carbons (Fsp3) is 0.179. The van der Waals surface area contributed by atoms with Gasteiger partial charge in [0.15, 0.2) is 0 Å². The first-order valence-electron chi connectivity index (χ1n) is 11.8. The number of ketones is 1. The molecule has 0 bridgehead atoms. The number of aliphatic hydroxyl groups excluding tert-OH is 1. The van der Waals surface area contributed by atoms with Crippen molar-refractivity contribution in [2.24, 2.45) is 0 Å². The molecule has 1 fully saturated rings. The molecular weight excluding hydrogens is 491 g/mol. The minimum Gasteiger partial charge on any atom is -0.507 e. The summed E-state index contributed by atoms with van der Waals surface area (Å²) in [6, 6.07) is 15.2. The van der Waals surface area contributed by atoms with Crippen molar-refractivity contribution in [2.45, 2.75) is 32.2 Å². The molecule has 2 N–H and O–H groups in total. The first kappa shape index (κ1) is 24.8. The molecule has 192 valence electrons. The van der Waals surface area contributed by atoms with E-state index >= 15 is 0 Å². The van der Waals surface area contributed by atoms with Crippen molar-refractivity contribution in [2.75, 3.05) is 4.90 Å². The molecule has 0 spiro atoms. The summed E-state index contributed by atoms with van der Waals surface area (Å²) < 4.78 is 13.8. The zero-order valence-corrected chi connectivity index (χ0v) is 20.7. The van der Waals surface area contributed by atoms with Gasteiger partial charge in [-0.25, -0.2) is 9.37 Å².